The average Bonchev–Trinajstić information content (AvgIpc) is 3.13. The van der Waals surface area contributed by atoms with Crippen LogP contribution in [0.4, 0.5) is 5.69 Å². The van der Waals surface area contributed by atoms with Crippen LogP contribution in [-0.2, 0) is 16.1 Å². The van der Waals surface area contributed by atoms with Crippen molar-refractivity contribution in [2.75, 3.05) is 26.3 Å². The van der Waals surface area contributed by atoms with Crippen molar-refractivity contribution in [3.8, 4) is 0 Å². The van der Waals surface area contributed by atoms with Crippen LogP contribution < -0.4 is 16.0 Å². The van der Waals surface area contributed by atoms with E-state index in [2.05, 4.69) is 20.9 Å². The Bertz CT molecular complexity index is 698. The van der Waals surface area contributed by atoms with Crippen LogP contribution in [0.5, 0.6) is 0 Å². The predicted molar refractivity (Wildman–Crippen MR) is 122 cm³/mol. The summed E-state index contributed by atoms with van der Waals surface area (Å²) in [4.78, 5) is 26.9. The van der Waals surface area contributed by atoms with Gasteiger partial charge in [0.25, 0.3) is 5.69 Å². The number of guanidine groups is 1. The van der Waals surface area contributed by atoms with Gasteiger partial charge in [0.15, 0.2) is 5.96 Å². The number of hydrogen-bond acceptors (Lipinski definition) is 5. The molecule has 1 heterocycles. The fraction of sp³-hybridized carbons (Fsp3) is 0.579. The van der Waals surface area contributed by atoms with Gasteiger partial charge in [-0.05, 0) is 32.8 Å². The molecule has 0 bridgehead atoms. The third-order valence-corrected chi connectivity index (χ3v) is 4.08. The number of hydrogen-bond donors (Lipinski definition) is 3. The van der Waals surface area contributed by atoms with Gasteiger partial charge in [-0.15, -0.1) is 24.0 Å². The molecule has 0 spiro atoms. The average molecular weight is 519 g/mol. The predicted octanol–water partition coefficient (Wildman–Crippen LogP) is 2.20. The first-order valence-corrected chi connectivity index (χ1v) is 9.37. The highest BCUT2D eigenvalue weighted by Crippen LogP contribution is 2.13. The SMILES string of the molecule is CC(C)(C)NC(=O)CNC(=NCc1ccc([N+](=O)[O-])cc1)NCC1CCOC1.I. The van der Waals surface area contributed by atoms with Gasteiger partial charge in [0.1, 0.15) is 0 Å². The van der Waals surface area contributed by atoms with E-state index in [9.17, 15) is 14.9 Å². The van der Waals surface area contributed by atoms with Gasteiger partial charge in [-0.2, -0.15) is 0 Å². The summed E-state index contributed by atoms with van der Waals surface area (Å²) in [6.07, 6.45) is 0.993. The van der Waals surface area contributed by atoms with Crippen LogP contribution in [0.2, 0.25) is 0 Å². The number of carbonyl (C=O) groups is 1. The molecule has 1 unspecified atom stereocenters. The maximum atomic E-state index is 12.1. The lowest BCUT2D eigenvalue weighted by Gasteiger charge is -2.21. The number of halogens is 1. The summed E-state index contributed by atoms with van der Waals surface area (Å²) in [5.41, 5.74) is 0.586. The Kier molecular flexibility index (Phi) is 10.3. The minimum absolute atomic E-state index is 0. The molecule has 1 amide bonds. The lowest BCUT2D eigenvalue weighted by molar-refractivity contribution is -0.384. The van der Waals surface area contributed by atoms with Gasteiger partial charge in [0.2, 0.25) is 5.91 Å². The molecule has 162 valence electrons. The van der Waals surface area contributed by atoms with E-state index in [1.165, 1.54) is 12.1 Å². The van der Waals surface area contributed by atoms with Crippen molar-refractivity contribution in [3.05, 3.63) is 39.9 Å². The number of benzene rings is 1. The summed E-state index contributed by atoms with van der Waals surface area (Å²) in [5, 5.41) is 19.9. The maximum Gasteiger partial charge on any atom is 0.269 e. The molecule has 1 saturated heterocycles. The van der Waals surface area contributed by atoms with E-state index in [1.807, 2.05) is 20.8 Å². The van der Waals surface area contributed by atoms with Gasteiger partial charge in [-0.1, -0.05) is 12.1 Å². The number of carbonyl (C=O) groups excluding carboxylic acids is 1. The first-order chi connectivity index (χ1) is 13.2. The van der Waals surface area contributed by atoms with Gasteiger partial charge >= 0.3 is 0 Å². The second kappa shape index (κ2) is 11.9. The Morgan fingerprint density at radius 3 is 2.52 bits per heavy atom. The lowest BCUT2D eigenvalue weighted by Crippen LogP contribution is -2.48. The minimum atomic E-state index is -0.431. The Hall–Kier alpha value is -1.95. The number of amides is 1. The number of nitro benzene ring substituents is 1. The molecular weight excluding hydrogens is 489 g/mol. The molecule has 10 heteroatoms. The second-order valence-electron chi connectivity index (χ2n) is 7.85. The summed E-state index contributed by atoms with van der Waals surface area (Å²) in [5.74, 6) is 0.811. The monoisotopic (exact) mass is 519 g/mol. The molecule has 1 fully saturated rings. The molecule has 0 saturated carbocycles. The second-order valence-corrected chi connectivity index (χ2v) is 7.85. The highest BCUT2D eigenvalue weighted by molar-refractivity contribution is 14.0. The molecular formula is C19H30IN5O4. The van der Waals surface area contributed by atoms with Crippen LogP contribution in [0.1, 0.15) is 32.8 Å². The molecule has 0 aliphatic carbocycles. The van der Waals surface area contributed by atoms with Gasteiger partial charge in [-0.3, -0.25) is 14.9 Å². The van der Waals surface area contributed by atoms with Gasteiger partial charge < -0.3 is 20.7 Å². The van der Waals surface area contributed by atoms with Crippen LogP contribution in [0.3, 0.4) is 0 Å². The summed E-state index contributed by atoms with van der Waals surface area (Å²) >= 11 is 0. The van der Waals surface area contributed by atoms with E-state index >= 15 is 0 Å². The standard InChI is InChI=1S/C19H29N5O4.HI/c1-19(2,3)23-17(25)12-22-18(21-11-15-8-9-28-13-15)20-10-14-4-6-16(7-5-14)24(26)27;/h4-7,15H,8-13H2,1-3H3,(H,23,25)(H2,20,21,22);1H. The zero-order valence-corrected chi connectivity index (χ0v) is 19.4. The number of aliphatic imine (C=N–C) groups is 1. The topological polar surface area (TPSA) is 118 Å². The summed E-state index contributed by atoms with van der Waals surface area (Å²) in [7, 11) is 0. The van der Waals surface area contributed by atoms with E-state index in [1.54, 1.807) is 12.1 Å². The number of nitrogens with zero attached hydrogens (tertiary/aromatic N) is 2. The Morgan fingerprint density at radius 2 is 1.97 bits per heavy atom. The molecule has 9 nitrogen and oxygen atoms in total. The molecule has 1 aliphatic heterocycles. The molecule has 1 aromatic carbocycles. The molecule has 1 aromatic rings. The highest BCUT2D eigenvalue weighted by atomic mass is 127. The van der Waals surface area contributed by atoms with Gasteiger partial charge in [0.05, 0.1) is 24.6 Å². The highest BCUT2D eigenvalue weighted by Gasteiger charge is 2.17. The van der Waals surface area contributed by atoms with Crippen molar-refractivity contribution in [2.24, 2.45) is 10.9 Å². The lowest BCUT2D eigenvalue weighted by atomic mass is 10.1. The van der Waals surface area contributed by atoms with E-state index in [-0.39, 0.29) is 47.7 Å². The van der Waals surface area contributed by atoms with E-state index < -0.39 is 4.92 Å². The molecule has 1 atom stereocenters. The smallest absolute Gasteiger partial charge is 0.269 e. The third-order valence-electron chi connectivity index (χ3n) is 4.08. The Morgan fingerprint density at radius 1 is 1.28 bits per heavy atom. The number of ether oxygens (including phenoxy) is 1. The Labute approximate surface area is 188 Å². The van der Waals surface area contributed by atoms with Crippen molar-refractivity contribution >= 4 is 41.5 Å². The molecule has 0 radical (unpaired) electrons. The van der Waals surface area contributed by atoms with Crippen LogP contribution >= 0.6 is 24.0 Å². The van der Waals surface area contributed by atoms with Crippen LogP contribution in [-0.4, -0.2) is 48.6 Å². The number of rotatable bonds is 7. The van der Waals surface area contributed by atoms with Crippen LogP contribution in [0.15, 0.2) is 29.3 Å². The van der Waals surface area contributed by atoms with Crippen molar-refractivity contribution < 1.29 is 14.5 Å². The first kappa shape index (κ1) is 25.1. The van der Waals surface area contributed by atoms with Crippen molar-refractivity contribution in [3.63, 3.8) is 0 Å². The number of nitrogens with one attached hydrogen (secondary N) is 3. The van der Waals surface area contributed by atoms with Gasteiger partial charge in [0, 0.05) is 36.7 Å². The van der Waals surface area contributed by atoms with Crippen LogP contribution in [0.25, 0.3) is 0 Å². The van der Waals surface area contributed by atoms with Gasteiger partial charge in [-0.25, -0.2) is 4.99 Å². The zero-order chi connectivity index (χ0) is 20.6. The Balaban J connectivity index is 0.00000420. The number of nitro groups is 1. The molecule has 29 heavy (non-hydrogen) atoms. The van der Waals surface area contributed by atoms with Crippen molar-refractivity contribution in [1.29, 1.82) is 0 Å². The quantitative estimate of drug-likeness (QED) is 0.167. The molecule has 3 N–H and O–H groups in total. The largest absolute Gasteiger partial charge is 0.381 e. The minimum Gasteiger partial charge on any atom is -0.381 e. The fourth-order valence-electron chi connectivity index (χ4n) is 2.68. The van der Waals surface area contributed by atoms with Crippen LogP contribution in [0, 0.1) is 16.0 Å². The molecule has 1 aliphatic rings. The van der Waals surface area contributed by atoms with E-state index in [4.69, 9.17) is 4.74 Å². The summed E-state index contributed by atoms with van der Waals surface area (Å²) in [6, 6.07) is 6.27. The fourth-order valence-corrected chi connectivity index (χ4v) is 2.68. The first-order valence-electron chi connectivity index (χ1n) is 9.37. The maximum absolute atomic E-state index is 12.1. The summed E-state index contributed by atoms with van der Waals surface area (Å²) in [6.45, 7) is 8.40. The van der Waals surface area contributed by atoms with E-state index in [0.717, 1.165) is 18.6 Å². The number of non-ortho nitro benzene ring substituents is 1. The third kappa shape index (κ3) is 9.88. The van der Waals surface area contributed by atoms with Crippen molar-refractivity contribution in [2.45, 2.75) is 39.3 Å². The molecule has 2 rings (SSSR count). The molecule has 0 aromatic heterocycles. The summed E-state index contributed by atoms with van der Waals surface area (Å²) < 4.78 is 5.38. The van der Waals surface area contributed by atoms with Crippen molar-refractivity contribution in [1.82, 2.24) is 16.0 Å². The van der Waals surface area contributed by atoms with E-state index in [0.29, 0.717) is 31.6 Å². The zero-order valence-electron chi connectivity index (χ0n) is 17.1. The normalized spacial score (nSPS) is 16.7.